The molecule has 0 unspecified atom stereocenters. The number of likely N-dealkylation sites (tertiary alicyclic amines) is 1. The lowest BCUT2D eigenvalue weighted by Gasteiger charge is -2.39. The van der Waals surface area contributed by atoms with Gasteiger partial charge in [0, 0.05) is 38.3 Å². The van der Waals surface area contributed by atoms with Gasteiger partial charge in [0.1, 0.15) is 10.6 Å². The first-order chi connectivity index (χ1) is 12.2. The lowest BCUT2D eigenvalue weighted by Crippen LogP contribution is -2.50. The number of hydrogen-bond acceptors (Lipinski definition) is 4. The highest BCUT2D eigenvalue weighted by molar-refractivity contribution is 7.89. The summed E-state index contributed by atoms with van der Waals surface area (Å²) in [5, 5.41) is 0. The summed E-state index contributed by atoms with van der Waals surface area (Å²) in [4.78, 5) is 16.8. The Bertz CT molecular complexity index is 757. The maximum atomic E-state index is 12.6. The van der Waals surface area contributed by atoms with Crippen molar-refractivity contribution in [3.8, 4) is 0 Å². The predicted molar refractivity (Wildman–Crippen MR) is 86.6 cm³/mol. The van der Waals surface area contributed by atoms with Crippen molar-refractivity contribution in [2.24, 2.45) is 0 Å². The Morgan fingerprint density at radius 2 is 1.77 bits per heavy atom. The molecule has 2 saturated heterocycles. The van der Waals surface area contributed by atoms with Gasteiger partial charge in [0.2, 0.25) is 15.9 Å². The molecule has 0 aliphatic carbocycles. The van der Waals surface area contributed by atoms with Crippen LogP contribution in [-0.4, -0.2) is 54.2 Å². The topological polar surface area (TPSA) is 70.6 Å². The second kappa shape index (κ2) is 7.15. The summed E-state index contributed by atoms with van der Waals surface area (Å²) in [6, 6.07) is 1.64. The number of hydrogen-bond donors (Lipinski definition) is 0. The molecule has 0 N–H and O–H groups in total. The van der Waals surface area contributed by atoms with Crippen LogP contribution in [0.25, 0.3) is 0 Å². The first-order valence-electron chi connectivity index (χ1n) is 8.52. The van der Waals surface area contributed by atoms with Crippen LogP contribution in [0.4, 0.5) is 13.2 Å². The third-order valence-corrected chi connectivity index (χ3v) is 6.77. The Hall–Kier alpha value is -1.68. The molecule has 2 fully saturated rings. The fourth-order valence-corrected chi connectivity index (χ4v) is 4.87. The maximum Gasteiger partial charge on any atom is 0.433 e. The van der Waals surface area contributed by atoms with Crippen LogP contribution in [0.2, 0.25) is 0 Å². The third-order valence-electron chi connectivity index (χ3n) is 4.89. The molecular formula is C16H20F3N3O3S. The number of amides is 1. The zero-order valence-electron chi connectivity index (χ0n) is 14.1. The highest BCUT2D eigenvalue weighted by Crippen LogP contribution is 2.29. The molecule has 0 atom stereocenters. The monoisotopic (exact) mass is 391 g/mol. The summed E-state index contributed by atoms with van der Waals surface area (Å²) >= 11 is 0. The number of carbonyl (C=O) groups is 1. The number of rotatable bonds is 3. The van der Waals surface area contributed by atoms with Gasteiger partial charge in [-0.1, -0.05) is 0 Å². The van der Waals surface area contributed by atoms with E-state index in [1.807, 2.05) is 4.90 Å². The summed E-state index contributed by atoms with van der Waals surface area (Å²) < 4.78 is 64.2. The largest absolute Gasteiger partial charge is 0.433 e. The van der Waals surface area contributed by atoms with Crippen molar-refractivity contribution in [1.82, 2.24) is 14.2 Å². The van der Waals surface area contributed by atoms with Crippen molar-refractivity contribution in [1.29, 1.82) is 0 Å². The van der Waals surface area contributed by atoms with Gasteiger partial charge in [0.05, 0.1) is 0 Å². The average molecular weight is 391 g/mol. The fraction of sp³-hybridized carbons (Fsp3) is 0.625. The van der Waals surface area contributed by atoms with E-state index in [0.717, 1.165) is 25.1 Å². The summed E-state index contributed by atoms with van der Waals surface area (Å²) in [6.07, 6.45) is -0.418. The van der Waals surface area contributed by atoms with E-state index in [1.54, 1.807) is 0 Å². The molecule has 0 aromatic carbocycles. The Balaban J connectivity index is 1.67. The van der Waals surface area contributed by atoms with E-state index < -0.39 is 21.9 Å². The number of carbonyl (C=O) groups excluding carboxylic acids is 1. The predicted octanol–water partition coefficient (Wildman–Crippen LogP) is 2.27. The van der Waals surface area contributed by atoms with E-state index in [9.17, 15) is 26.4 Å². The molecule has 0 spiro atoms. The maximum absolute atomic E-state index is 12.6. The zero-order chi connectivity index (χ0) is 18.9. The summed E-state index contributed by atoms with van der Waals surface area (Å²) in [7, 11) is -3.89. The molecule has 26 heavy (non-hydrogen) atoms. The number of piperidine rings is 2. The lowest BCUT2D eigenvalue weighted by molar-refractivity contribution is -0.141. The minimum Gasteiger partial charge on any atom is -0.340 e. The van der Waals surface area contributed by atoms with Crippen LogP contribution in [-0.2, 0) is 21.0 Å². The van der Waals surface area contributed by atoms with E-state index in [1.165, 1.54) is 4.31 Å². The second-order valence-electron chi connectivity index (χ2n) is 6.56. The van der Waals surface area contributed by atoms with Crippen LogP contribution < -0.4 is 0 Å². The SMILES string of the molecule is O=C1CCCCN1C1CCN(S(=O)(=O)c2ccc(C(F)(F)F)nc2)CC1. The van der Waals surface area contributed by atoms with E-state index >= 15 is 0 Å². The fourth-order valence-electron chi connectivity index (χ4n) is 3.46. The van der Waals surface area contributed by atoms with Crippen molar-refractivity contribution in [2.45, 2.75) is 49.2 Å². The highest BCUT2D eigenvalue weighted by atomic mass is 32.2. The quantitative estimate of drug-likeness (QED) is 0.793. The molecule has 3 heterocycles. The number of sulfonamides is 1. The molecule has 2 aliphatic rings. The van der Waals surface area contributed by atoms with Gasteiger partial charge in [-0.05, 0) is 37.8 Å². The van der Waals surface area contributed by atoms with Gasteiger partial charge in [-0.25, -0.2) is 8.42 Å². The standard InChI is InChI=1S/C16H20F3N3O3S/c17-16(18,19)14-5-4-13(11-20-14)26(24,25)21-9-6-12(7-10-21)22-8-2-1-3-15(22)23/h4-5,11-12H,1-3,6-10H2. The highest BCUT2D eigenvalue weighted by Gasteiger charge is 2.36. The summed E-state index contributed by atoms with van der Waals surface area (Å²) in [6.45, 7) is 1.18. The van der Waals surface area contributed by atoms with Crippen LogP contribution in [0.15, 0.2) is 23.2 Å². The molecule has 144 valence electrons. The number of aromatic nitrogens is 1. The lowest BCUT2D eigenvalue weighted by atomic mass is 10.0. The van der Waals surface area contributed by atoms with Crippen LogP contribution in [0.3, 0.4) is 0 Å². The first-order valence-corrected chi connectivity index (χ1v) is 9.96. The Morgan fingerprint density at radius 3 is 2.31 bits per heavy atom. The van der Waals surface area contributed by atoms with Crippen molar-refractivity contribution in [3.05, 3.63) is 24.0 Å². The third kappa shape index (κ3) is 3.85. The van der Waals surface area contributed by atoms with E-state index in [0.29, 0.717) is 31.9 Å². The molecule has 1 aromatic rings. The molecule has 1 amide bonds. The number of alkyl halides is 3. The van der Waals surface area contributed by atoms with E-state index in [-0.39, 0.29) is 29.9 Å². The molecule has 2 aliphatic heterocycles. The molecule has 0 bridgehead atoms. The number of nitrogens with zero attached hydrogens (tertiary/aromatic N) is 3. The Morgan fingerprint density at radius 1 is 1.08 bits per heavy atom. The van der Waals surface area contributed by atoms with Gasteiger partial charge < -0.3 is 4.90 Å². The number of pyridine rings is 1. The first kappa shape index (κ1) is 19.1. The zero-order valence-corrected chi connectivity index (χ0v) is 14.9. The van der Waals surface area contributed by atoms with Crippen molar-refractivity contribution >= 4 is 15.9 Å². The van der Waals surface area contributed by atoms with E-state index in [2.05, 4.69) is 4.98 Å². The molecule has 0 radical (unpaired) electrons. The van der Waals surface area contributed by atoms with Crippen LogP contribution in [0.5, 0.6) is 0 Å². The smallest absolute Gasteiger partial charge is 0.340 e. The van der Waals surface area contributed by atoms with E-state index in [4.69, 9.17) is 0 Å². The van der Waals surface area contributed by atoms with Gasteiger partial charge in [0.25, 0.3) is 0 Å². The molecule has 1 aromatic heterocycles. The molecule has 3 rings (SSSR count). The second-order valence-corrected chi connectivity index (χ2v) is 8.49. The minimum atomic E-state index is -4.61. The van der Waals surface area contributed by atoms with Gasteiger partial charge in [0.15, 0.2) is 0 Å². The van der Waals surface area contributed by atoms with Gasteiger partial charge >= 0.3 is 6.18 Å². The van der Waals surface area contributed by atoms with Gasteiger partial charge in [-0.2, -0.15) is 17.5 Å². The molecule has 0 saturated carbocycles. The minimum absolute atomic E-state index is 0.0278. The molecule has 10 heteroatoms. The van der Waals surface area contributed by atoms with Crippen molar-refractivity contribution < 1.29 is 26.4 Å². The summed E-state index contributed by atoms with van der Waals surface area (Å²) in [5.41, 5.74) is -1.13. The molecular weight excluding hydrogens is 371 g/mol. The number of halogens is 3. The van der Waals surface area contributed by atoms with Gasteiger partial charge in [-0.15, -0.1) is 0 Å². The van der Waals surface area contributed by atoms with Crippen molar-refractivity contribution in [2.75, 3.05) is 19.6 Å². The molecule has 6 nitrogen and oxygen atoms in total. The van der Waals surface area contributed by atoms with Crippen LogP contribution in [0.1, 0.15) is 37.8 Å². The van der Waals surface area contributed by atoms with Gasteiger partial charge in [-0.3, -0.25) is 9.78 Å². The Kier molecular flexibility index (Phi) is 5.25. The Labute approximate surface area is 150 Å². The normalized spacial score (nSPS) is 21.2. The summed E-state index contributed by atoms with van der Waals surface area (Å²) in [5.74, 6) is 0.115. The average Bonchev–Trinajstić information content (AvgIpc) is 2.62. The van der Waals surface area contributed by atoms with Crippen LogP contribution in [0, 0.1) is 0 Å². The van der Waals surface area contributed by atoms with Crippen LogP contribution >= 0.6 is 0 Å². The van der Waals surface area contributed by atoms with Crippen molar-refractivity contribution in [3.63, 3.8) is 0 Å².